The van der Waals surface area contributed by atoms with E-state index in [4.69, 9.17) is 4.74 Å². The third-order valence-electron chi connectivity index (χ3n) is 2.26. The lowest BCUT2D eigenvalue weighted by Gasteiger charge is -2.04. The molecule has 0 saturated heterocycles. The summed E-state index contributed by atoms with van der Waals surface area (Å²) in [6.07, 6.45) is 2.93. The third-order valence-corrected chi connectivity index (χ3v) is 2.84. The van der Waals surface area contributed by atoms with Gasteiger partial charge in [0.05, 0.1) is 10.7 Å². The number of carbonyl (C=O) groups is 1. The Morgan fingerprint density at radius 3 is 2.94 bits per heavy atom. The minimum Gasteiger partial charge on any atom is -0.382 e. The molecule has 0 aromatic carbocycles. The van der Waals surface area contributed by atoms with Crippen LogP contribution in [0.4, 0.5) is 0 Å². The van der Waals surface area contributed by atoms with Crippen molar-refractivity contribution < 1.29 is 9.53 Å². The van der Waals surface area contributed by atoms with Gasteiger partial charge in [0.2, 0.25) is 0 Å². The Hall–Kier alpha value is -0.680. The first-order chi connectivity index (χ1) is 7.70. The summed E-state index contributed by atoms with van der Waals surface area (Å²) in [6.45, 7) is 5.96. The number of rotatable bonds is 7. The number of ether oxygens (including phenoxy) is 1. The fourth-order valence-electron chi connectivity index (χ4n) is 1.48. The van der Waals surface area contributed by atoms with Crippen molar-refractivity contribution in [3.05, 3.63) is 16.4 Å². The Bertz CT molecular complexity index is 350. The highest BCUT2D eigenvalue weighted by Crippen LogP contribution is 2.18. The molecule has 0 amide bonds. The zero-order chi connectivity index (χ0) is 12.0. The summed E-state index contributed by atoms with van der Waals surface area (Å²) >= 11 is 3.35. The highest BCUT2D eigenvalue weighted by molar-refractivity contribution is 9.10. The van der Waals surface area contributed by atoms with Crippen molar-refractivity contribution in [2.75, 3.05) is 13.2 Å². The molecular weight excluding hydrogens is 272 g/mol. The summed E-state index contributed by atoms with van der Waals surface area (Å²) in [4.78, 5) is 11.9. The molecule has 0 saturated carbocycles. The molecule has 0 N–H and O–H groups in total. The van der Waals surface area contributed by atoms with E-state index >= 15 is 0 Å². The zero-order valence-corrected chi connectivity index (χ0v) is 11.3. The molecule has 0 spiro atoms. The maximum atomic E-state index is 11.9. The molecule has 0 fully saturated rings. The minimum absolute atomic E-state index is 0.117. The first-order valence-corrected chi connectivity index (χ1v) is 6.32. The monoisotopic (exact) mass is 288 g/mol. The molecule has 90 valence electrons. The number of hydrogen-bond acceptors (Lipinski definition) is 3. The fourth-order valence-corrected chi connectivity index (χ4v) is 1.99. The molecule has 0 unspecified atom stereocenters. The quantitative estimate of drug-likeness (QED) is 0.572. The molecule has 1 aromatic heterocycles. The normalized spacial score (nSPS) is 10.7. The molecule has 0 atom stereocenters. The number of hydrogen-bond donors (Lipinski definition) is 0. The van der Waals surface area contributed by atoms with Gasteiger partial charge in [-0.2, -0.15) is 5.10 Å². The first kappa shape index (κ1) is 13.4. The van der Waals surface area contributed by atoms with Crippen molar-refractivity contribution in [2.24, 2.45) is 0 Å². The lowest BCUT2D eigenvalue weighted by Crippen LogP contribution is -2.10. The SMILES string of the molecule is CCOCCCC(=O)c1c(Br)cnn1CC. The van der Waals surface area contributed by atoms with Gasteiger partial charge in [-0.15, -0.1) is 0 Å². The van der Waals surface area contributed by atoms with Crippen molar-refractivity contribution in [2.45, 2.75) is 33.2 Å². The second-order valence-electron chi connectivity index (χ2n) is 3.38. The van der Waals surface area contributed by atoms with Crippen LogP contribution in [0.2, 0.25) is 0 Å². The minimum atomic E-state index is 0.117. The second kappa shape index (κ2) is 6.81. The maximum absolute atomic E-state index is 11.9. The number of ketones is 1. The van der Waals surface area contributed by atoms with Gasteiger partial charge in [-0.3, -0.25) is 9.48 Å². The summed E-state index contributed by atoms with van der Waals surface area (Å²) in [6, 6.07) is 0. The highest BCUT2D eigenvalue weighted by Gasteiger charge is 2.15. The Labute approximate surface area is 104 Å². The molecule has 0 radical (unpaired) electrons. The zero-order valence-electron chi connectivity index (χ0n) is 9.70. The number of Topliss-reactive ketones (excluding diaryl/α,β-unsaturated/α-hetero) is 1. The van der Waals surface area contributed by atoms with Gasteiger partial charge in [0.15, 0.2) is 5.78 Å². The molecule has 0 aliphatic rings. The lowest BCUT2D eigenvalue weighted by atomic mass is 10.2. The van der Waals surface area contributed by atoms with Crippen molar-refractivity contribution in [3.8, 4) is 0 Å². The standard InChI is InChI=1S/C11H17BrN2O2/c1-3-14-11(9(12)8-13-14)10(15)6-5-7-16-4-2/h8H,3-7H2,1-2H3. The van der Waals surface area contributed by atoms with Crippen molar-refractivity contribution in [1.29, 1.82) is 0 Å². The summed E-state index contributed by atoms with van der Waals surface area (Å²) in [5.74, 6) is 0.117. The highest BCUT2D eigenvalue weighted by atomic mass is 79.9. The van der Waals surface area contributed by atoms with E-state index in [9.17, 15) is 4.79 Å². The summed E-state index contributed by atoms with van der Waals surface area (Å²) in [5.41, 5.74) is 0.666. The van der Waals surface area contributed by atoms with E-state index in [0.717, 1.165) is 10.9 Å². The smallest absolute Gasteiger partial charge is 0.182 e. The third kappa shape index (κ3) is 3.42. The predicted octanol–water partition coefficient (Wildman–Crippen LogP) is 2.66. The van der Waals surface area contributed by atoms with Crippen LogP contribution < -0.4 is 0 Å². The molecule has 0 bridgehead atoms. The van der Waals surface area contributed by atoms with Crippen molar-refractivity contribution >= 4 is 21.7 Å². The number of nitrogens with zero attached hydrogens (tertiary/aromatic N) is 2. The van der Waals surface area contributed by atoms with Crippen LogP contribution in [0.15, 0.2) is 10.7 Å². The number of carbonyl (C=O) groups excluding carboxylic acids is 1. The predicted molar refractivity (Wildman–Crippen MR) is 65.7 cm³/mol. The Morgan fingerprint density at radius 1 is 1.56 bits per heavy atom. The molecular formula is C11H17BrN2O2. The van der Waals surface area contributed by atoms with Crippen LogP contribution in [0.5, 0.6) is 0 Å². The van der Waals surface area contributed by atoms with Crippen molar-refractivity contribution in [1.82, 2.24) is 9.78 Å². The summed E-state index contributed by atoms with van der Waals surface area (Å²) in [5, 5.41) is 4.12. The van der Waals surface area contributed by atoms with Gasteiger partial charge >= 0.3 is 0 Å². The van der Waals surface area contributed by atoms with Crippen LogP contribution in [-0.2, 0) is 11.3 Å². The Morgan fingerprint density at radius 2 is 2.31 bits per heavy atom. The number of halogens is 1. The van der Waals surface area contributed by atoms with Crippen molar-refractivity contribution in [3.63, 3.8) is 0 Å². The Kier molecular flexibility index (Phi) is 5.69. The largest absolute Gasteiger partial charge is 0.382 e. The van der Waals surface area contributed by atoms with E-state index in [1.54, 1.807) is 10.9 Å². The van der Waals surface area contributed by atoms with E-state index in [-0.39, 0.29) is 5.78 Å². The Balaban J connectivity index is 2.55. The van der Waals surface area contributed by atoms with Crippen LogP contribution in [0, 0.1) is 0 Å². The topological polar surface area (TPSA) is 44.1 Å². The van der Waals surface area contributed by atoms with E-state index in [2.05, 4.69) is 21.0 Å². The van der Waals surface area contributed by atoms with E-state index < -0.39 is 0 Å². The van der Waals surface area contributed by atoms with Crippen LogP contribution in [0.1, 0.15) is 37.2 Å². The van der Waals surface area contributed by atoms with Crippen LogP contribution in [-0.4, -0.2) is 28.8 Å². The summed E-state index contributed by atoms with van der Waals surface area (Å²) < 4.78 is 7.69. The van der Waals surface area contributed by atoms with Crippen LogP contribution in [0.3, 0.4) is 0 Å². The van der Waals surface area contributed by atoms with E-state index in [0.29, 0.717) is 31.9 Å². The molecule has 4 nitrogen and oxygen atoms in total. The van der Waals surface area contributed by atoms with Gasteiger partial charge in [0, 0.05) is 26.2 Å². The molecule has 1 rings (SSSR count). The average molecular weight is 289 g/mol. The molecule has 5 heteroatoms. The molecule has 16 heavy (non-hydrogen) atoms. The second-order valence-corrected chi connectivity index (χ2v) is 4.23. The average Bonchev–Trinajstić information content (AvgIpc) is 2.65. The van der Waals surface area contributed by atoms with Crippen LogP contribution >= 0.6 is 15.9 Å². The van der Waals surface area contributed by atoms with Gasteiger partial charge < -0.3 is 4.74 Å². The van der Waals surface area contributed by atoms with Gasteiger partial charge in [-0.1, -0.05) is 0 Å². The lowest BCUT2D eigenvalue weighted by molar-refractivity contribution is 0.0936. The van der Waals surface area contributed by atoms with Gasteiger partial charge in [-0.25, -0.2) is 0 Å². The molecule has 0 aliphatic heterocycles. The first-order valence-electron chi connectivity index (χ1n) is 5.52. The van der Waals surface area contributed by atoms with E-state index in [1.807, 2.05) is 13.8 Å². The van der Waals surface area contributed by atoms with Gasteiger partial charge in [0.1, 0.15) is 5.69 Å². The maximum Gasteiger partial charge on any atom is 0.182 e. The number of aryl methyl sites for hydroxylation is 1. The molecule has 1 heterocycles. The van der Waals surface area contributed by atoms with Crippen LogP contribution in [0.25, 0.3) is 0 Å². The van der Waals surface area contributed by atoms with Gasteiger partial charge in [-0.05, 0) is 36.2 Å². The fraction of sp³-hybridized carbons (Fsp3) is 0.636. The van der Waals surface area contributed by atoms with Gasteiger partial charge in [0.25, 0.3) is 0 Å². The molecule has 0 aliphatic carbocycles. The number of aromatic nitrogens is 2. The van der Waals surface area contributed by atoms with E-state index in [1.165, 1.54) is 0 Å². The summed E-state index contributed by atoms with van der Waals surface area (Å²) in [7, 11) is 0. The molecule has 1 aromatic rings.